The van der Waals surface area contributed by atoms with Crippen LogP contribution in [0.3, 0.4) is 0 Å². The molecule has 1 unspecified atom stereocenters. The van der Waals surface area contributed by atoms with E-state index in [1.54, 1.807) is 6.33 Å². The highest BCUT2D eigenvalue weighted by atomic mass is 32.1. The van der Waals surface area contributed by atoms with Gasteiger partial charge in [-0.25, -0.2) is 9.97 Å². The summed E-state index contributed by atoms with van der Waals surface area (Å²) in [4.78, 5) is 24.3. The number of ether oxygens (including phenoxy) is 1. The first-order valence-electron chi connectivity index (χ1n) is 12.1. The zero-order valence-corrected chi connectivity index (χ0v) is 20.1. The molecule has 1 saturated heterocycles. The van der Waals surface area contributed by atoms with Crippen LogP contribution in [0, 0.1) is 5.92 Å². The smallest absolute Gasteiger partial charge is 0.280 e. The Kier molecular flexibility index (Phi) is 7.52. The number of rotatable bonds is 12. The van der Waals surface area contributed by atoms with Crippen LogP contribution in [-0.2, 0) is 19.5 Å². The second-order valence-electron chi connectivity index (χ2n) is 9.18. The lowest BCUT2D eigenvalue weighted by atomic mass is 10.1. The van der Waals surface area contributed by atoms with Crippen molar-refractivity contribution in [1.82, 2.24) is 30.9 Å². The van der Waals surface area contributed by atoms with E-state index in [4.69, 9.17) is 4.74 Å². The lowest BCUT2D eigenvalue weighted by molar-refractivity contribution is 0.0950. The van der Waals surface area contributed by atoms with Crippen molar-refractivity contribution in [1.29, 1.82) is 0 Å². The first-order chi connectivity index (χ1) is 16.7. The third-order valence-corrected chi connectivity index (χ3v) is 7.17. The van der Waals surface area contributed by atoms with Crippen LogP contribution in [0.15, 0.2) is 36.1 Å². The minimum absolute atomic E-state index is 0.115. The summed E-state index contributed by atoms with van der Waals surface area (Å²) in [7, 11) is 0. The molecule has 3 aromatic rings. The van der Waals surface area contributed by atoms with Crippen LogP contribution in [0.1, 0.15) is 57.5 Å². The normalized spacial score (nSPS) is 17.7. The number of thiazole rings is 1. The molecule has 34 heavy (non-hydrogen) atoms. The van der Waals surface area contributed by atoms with Crippen molar-refractivity contribution in [2.45, 2.75) is 44.7 Å². The summed E-state index contributed by atoms with van der Waals surface area (Å²) < 4.78 is 6.06. The van der Waals surface area contributed by atoms with Gasteiger partial charge in [-0.05, 0) is 68.1 Å². The van der Waals surface area contributed by atoms with E-state index in [9.17, 15) is 4.79 Å². The number of benzene rings is 1. The van der Waals surface area contributed by atoms with Gasteiger partial charge in [-0.2, -0.15) is 0 Å². The molecule has 9 heteroatoms. The van der Waals surface area contributed by atoms with Gasteiger partial charge in [0.25, 0.3) is 5.91 Å². The van der Waals surface area contributed by atoms with E-state index in [1.807, 2.05) is 17.6 Å². The van der Waals surface area contributed by atoms with E-state index in [0.29, 0.717) is 30.0 Å². The predicted octanol–water partition coefficient (Wildman–Crippen LogP) is 2.99. The molecule has 0 radical (unpaired) electrons. The second kappa shape index (κ2) is 11.1. The largest absolute Gasteiger partial charge is 0.493 e. The Bertz CT molecular complexity index is 1070. The van der Waals surface area contributed by atoms with Crippen LogP contribution < -0.4 is 20.7 Å². The van der Waals surface area contributed by atoms with E-state index in [-0.39, 0.29) is 5.91 Å². The van der Waals surface area contributed by atoms with Crippen molar-refractivity contribution < 1.29 is 9.53 Å². The number of carbonyl (C=O) groups excluding carboxylic acids is 1. The highest BCUT2D eigenvalue weighted by Crippen LogP contribution is 2.40. The molecule has 1 aromatic carbocycles. The van der Waals surface area contributed by atoms with Gasteiger partial charge < -0.3 is 25.7 Å². The first kappa shape index (κ1) is 23.0. The highest BCUT2D eigenvalue weighted by Gasteiger charge is 2.27. The average molecular weight is 481 g/mol. The van der Waals surface area contributed by atoms with Crippen LogP contribution in [0.5, 0.6) is 5.75 Å². The van der Waals surface area contributed by atoms with E-state index >= 15 is 0 Å². The molecule has 2 fully saturated rings. The number of amides is 1. The fourth-order valence-corrected chi connectivity index (χ4v) is 5.06. The number of hydrogen-bond acceptors (Lipinski definition) is 7. The Balaban J connectivity index is 1.20. The standard InChI is InChI=1S/C25H32N6O2S/c32-24(25-31-23(15-34-25)20-1-2-20)29-13-19-7-18(12-27-11-17-3-5-26-10-17)8-22(9-19)33-6-4-21-14-28-16-30-21/h7-9,14-17,20,26-27H,1-6,10-13H2,(H,28,30)(H,29,32). The average Bonchev–Trinajstić information content (AvgIpc) is 3.26. The number of nitrogens with zero attached hydrogens (tertiary/aromatic N) is 2. The molecule has 5 rings (SSSR count). The van der Waals surface area contributed by atoms with Crippen LogP contribution in [0.2, 0.25) is 0 Å². The van der Waals surface area contributed by atoms with Gasteiger partial charge in [-0.1, -0.05) is 6.07 Å². The van der Waals surface area contributed by atoms with Gasteiger partial charge in [0.05, 0.1) is 18.6 Å². The Hall–Kier alpha value is -2.75. The molecule has 8 nitrogen and oxygen atoms in total. The number of imidazole rings is 1. The summed E-state index contributed by atoms with van der Waals surface area (Å²) in [5.74, 6) is 1.95. The van der Waals surface area contributed by atoms with E-state index in [1.165, 1.54) is 30.6 Å². The molecule has 1 saturated carbocycles. The maximum Gasteiger partial charge on any atom is 0.280 e. The SMILES string of the molecule is O=C(NCc1cc(CNCC2CCNC2)cc(OCCc2cnc[nH]2)c1)c1nc(C2CC2)cs1. The van der Waals surface area contributed by atoms with Crippen molar-refractivity contribution in [3.05, 3.63) is 63.6 Å². The number of hydrogen-bond donors (Lipinski definition) is 4. The van der Waals surface area contributed by atoms with Crippen molar-refractivity contribution in [2.75, 3.05) is 26.2 Å². The maximum atomic E-state index is 12.6. The summed E-state index contributed by atoms with van der Waals surface area (Å²) in [5.41, 5.74) is 4.28. The Morgan fingerprint density at radius 1 is 1.18 bits per heavy atom. The molecule has 2 aromatic heterocycles. The molecule has 0 spiro atoms. The van der Waals surface area contributed by atoms with E-state index in [0.717, 1.165) is 60.9 Å². The van der Waals surface area contributed by atoms with Gasteiger partial charge in [0.2, 0.25) is 0 Å². The van der Waals surface area contributed by atoms with E-state index < -0.39 is 0 Å². The van der Waals surface area contributed by atoms with E-state index in [2.05, 4.69) is 43.0 Å². The van der Waals surface area contributed by atoms with Gasteiger partial charge in [0.1, 0.15) is 5.75 Å². The van der Waals surface area contributed by atoms with Crippen molar-refractivity contribution >= 4 is 17.2 Å². The predicted molar refractivity (Wildman–Crippen MR) is 132 cm³/mol. The van der Waals surface area contributed by atoms with Crippen LogP contribution in [-0.4, -0.2) is 47.1 Å². The molecular weight excluding hydrogens is 448 g/mol. The summed E-state index contributed by atoms with van der Waals surface area (Å²) >= 11 is 1.43. The molecule has 3 heterocycles. The fraction of sp³-hybridized carbons (Fsp3) is 0.480. The third-order valence-electron chi connectivity index (χ3n) is 6.31. The Morgan fingerprint density at radius 2 is 2.06 bits per heavy atom. The quantitative estimate of drug-likeness (QED) is 0.318. The van der Waals surface area contributed by atoms with Crippen molar-refractivity contribution in [3.63, 3.8) is 0 Å². The molecule has 1 aliphatic heterocycles. The number of aromatic amines is 1. The summed E-state index contributed by atoms with van der Waals surface area (Å²) in [6.45, 7) is 4.96. The Labute approximate surface area is 203 Å². The van der Waals surface area contributed by atoms with Crippen LogP contribution in [0.4, 0.5) is 0 Å². The number of aromatic nitrogens is 3. The fourth-order valence-electron chi connectivity index (χ4n) is 4.24. The van der Waals surface area contributed by atoms with Gasteiger partial charge >= 0.3 is 0 Å². The molecule has 4 N–H and O–H groups in total. The number of carbonyl (C=O) groups is 1. The zero-order chi connectivity index (χ0) is 23.2. The molecule has 1 atom stereocenters. The molecule has 1 amide bonds. The monoisotopic (exact) mass is 480 g/mol. The molecule has 1 aliphatic carbocycles. The molecule has 0 bridgehead atoms. The Morgan fingerprint density at radius 3 is 2.82 bits per heavy atom. The first-order valence-corrected chi connectivity index (χ1v) is 13.0. The maximum absolute atomic E-state index is 12.6. The summed E-state index contributed by atoms with van der Waals surface area (Å²) in [6, 6.07) is 6.23. The number of nitrogens with one attached hydrogen (secondary N) is 4. The second-order valence-corrected chi connectivity index (χ2v) is 10.0. The van der Waals surface area contributed by atoms with Crippen molar-refractivity contribution in [2.24, 2.45) is 5.92 Å². The van der Waals surface area contributed by atoms with Gasteiger partial charge in [0.15, 0.2) is 5.01 Å². The molecule has 2 aliphatic rings. The lowest BCUT2D eigenvalue weighted by Crippen LogP contribution is -2.24. The van der Waals surface area contributed by atoms with Crippen LogP contribution in [0.25, 0.3) is 0 Å². The van der Waals surface area contributed by atoms with Crippen LogP contribution >= 0.6 is 11.3 Å². The zero-order valence-electron chi connectivity index (χ0n) is 19.3. The molecule has 180 valence electrons. The third kappa shape index (κ3) is 6.43. The summed E-state index contributed by atoms with van der Waals surface area (Å²) in [5, 5.41) is 12.6. The molecular formula is C25H32N6O2S. The van der Waals surface area contributed by atoms with Gasteiger partial charge in [-0.3, -0.25) is 4.79 Å². The van der Waals surface area contributed by atoms with Gasteiger partial charge in [-0.15, -0.1) is 11.3 Å². The lowest BCUT2D eigenvalue weighted by Gasteiger charge is -2.14. The van der Waals surface area contributed by atoms with Gasteiger partial charge in [0, 0.05) is 42.7 Å². The number of H-pyrrole nitrogens is 1. The highest BCUT2D eigenvalue weighted by molar-refractivity contribution is 7.11. The topological polar surface area (TPSA) is 104 Å². The minimum Gasteiger partial charge on any atom is -0.493 e. The summed E-state index contributed by atoms with van der Waals surface area (Å²) in [6.07, 6.45) is 7.85. The van der Waals surface area contributed by atoms with Crippen molar-refractivity contribution in [3.8, 4) is 5.75 Å². The minimum atomic E-state index is -0.115.